The minimum Gasteiger partial charge on any atom is -0.547 e. The van der Waals surface area contributed by atoms with E-state index in [1.54, 1.807) is 18.2 Å². The summed E-state index contributed by atoms with van der Waals surface area (Å²) in [6.07, 6.45) is -4.30. The fraction of sp³-hybridized carbons (Fsp3) is 0.500. The van der Waals surface area contributed by atoms with E-state index in [1.165, 1.54) is 25.3 Å². The molecular formula is C18H23F3O3Si. The summed E-state index contributed by atoms with van der Waals surface area (Å²) in [4.78, 5) is 12.8. The van der Waals surface area contributed by atoms with Gasteiger partial charge in [0.2, 0.25) is 8.32 Å². The van der Waals surface area contributed by atoms with Crippen molar-refractivity contribution in [1.82, 2.24) is 0 Å². The molecule has 0 N–H and O–H groups in total. The summed E-state index contributed by atoms with van der Waals surface area (Å²) in [5, 5.41) is 0. The molecule has 0 fully saturated rings. The molecule has 7 heteroatoms. The SMILES string of the molecule is CO[C@@H]1C=C(O[Si](C)(C)C)C[C@H](C(F)(F)F)[C@H]1C(=O)c1ccccc1. The molecule has 0 saturated heterocycles. The van der Waals surface area contributed by atoms with Gasteiger partial charge in [0, 0.05) is 19.1 Å². The zero-order chi connectivity index (χ0) is 18.8. The number of carbonyl (C=O) groups is 1. The van der Waals surface area contributed by atoms with Crippen molar-refractivity contribution in [2.75, 3.05) is 7.11 Å². The third-order valence-electron chi connectivity index (χ3n) is 4.05. The number of carbonyl (C=O) groups excluding carboxylic acids is 1. The zero-order valence-corrected chi connectivity index (χ0v) is 15.8. The summed E-state index contributed by atoms with van der Waals surface area (Å²) in [6.45, 7) is 5.71. The molecule has 0 radical (unpaired) electrons. The molecule has 1 aromatic carbocycles. The molecule has 3 nitrogen and oxygen atoms in total. The van der Waals surface area contributed by atoms with Crippen LogP contribution in [0.5, 0.6) is 0 Å². The van der Waals surface area contributed by atoms with Crippen LogP contribution in [-0.2, 0) is 9.16 Å². The van der Waals surface area contributed by atoms with Gasteiger partial charge in [-0.3, -0.25) is 4.79 Å². The first-order chi connectivity index (χ1) is 11.5. The van der Waals surface area contributed by atoms with Crippen LogP contribution in [0.15, 0.2) is 42.2 Å². The maximum Gasteiger partial charge on any atom is 0.393 e. The van der Waals surface area contributed by atoms with Gasteiger partial charge in [0.05, 0.1) is 23.7 Å². The summed E-state index contributed by atoms with van der Waals surface area (Å²) in [5.41, 5.74) is 0.256. The molecule has 0 aliphatic heterocycles. The van der Waals surface area contributed by atoms with E-state index < -0.39 is 38.2 Å². The van der Waals surface area contributed by atoms with E-state index in [-0.39, 0.29) is 17.7 Å². The smallest absolute Gasteiger partial charge is 0.393 e. The second kappa shape index (κ2) is 7.33. The van der Waals surface area contributed by atoms with Crippen molar-refractivity contribution < 1.29 is 27.1 Å². The molecule has 25 heavy (non-hydrogen) atoms. The summed E-state index contributed by atoms with van der Waals surface area (Å²) >= 11 is 0. The van der Waals surface area contributed by atoms with Crippen LogP contribution in [0.4, 0.5) is 13.2 Å². The van der Waals surface area contributed by atoms with Crippen molar-refractivity contribution in [3.8, 4) is 0 Å². The van der Waals surface area contributed by atoms with Gasteiger partial charge in [0.15, 0.2) is 5.78 Å². The van der Waals surface area contributed by atoms with Gasteiger partial charge in [-0.05, 0) is 25.7 Å². The second-order valence-electron chi connectivity index (χ2n) is 7.16. The predicted molar refractivity (Wildman–Crippen MR) is 91.7 cm³/mol. The van der Waals surface area contributed by atoms with Gasteiger partial charge in [-0.1, -0.05) is 30.3 Å². The molecule has 1 aliphatic rings. The fourth-order valence-corrected chi connectivity index (χ4v) is 4.00. The molecule has 0 aromatic heterocycles. The Hall–Kier alpha value is -1.60. The number of benzene rings is 1. The Morgan fingerprint density at radius 3 is 2.24 bits per heavy atom. The highest BCUT2D eigenvalue weighted by Crippen LogP contribution is 2.44. The largest absolute Gasteiger partial charge is 0.547 e. The highest BCUT2D eigenvalue weighted by Gasteiger charge is 2.52. The normalized spacial score (nSPS) is 24.6. The van der Waals surface area contributed by atoms with Gasteiger partial charge < -0.3 is 9.16 Å². The summed E-state index contributed by atoms with van der Waals surface area (Å²) in [6, 6.07) is 8.04. The van der Waals surface area contributed by atoms with Gasteiger partial charge in [-0.25, -0.2) is 0 Å². The number of allylic oxidation sites excluding steroid dienone is 1. The number of alkyl halides is 3. The number of hydrogen-bond acceptors (Lipinski definition) is 3. The Bertz CT molecular complexity index is 635. The monoisotopic (exact) mass is 372 g/mol. The molecular weight excluding hydrogens is 349 g/mol. The number of Topliss-reactive ketones (excluding diaryl/α,β-unsaturated/α-hetero) is 1. The Balaban J connectivity index is 2.42. The first-order valence-electron chi connectivity index (χ1n) is 8.11. The lowest BCUT2D eigenvalue weighted by Crippen LogP contribution is -2.45. The maximum atomic E-state index is 13.7. The Kier molecular flexibility index (Phi) is 5.78. The number of hydrogen-bond donors (Lipinski definition) is 0. The summed E-state index contributed by atoms with van der Waals surface area (Å²) in [7, 11) is -0.748. The molecule has 3 atom stereocenters. The minimum atomic E-state index is -4.52. The average Bonchev–Trinajstić information content (AvgIpc) is 2.52. The lowest BCUT2D eigenvalue weighted by molar-refractivity contribution is -0.195. The molecule has 0 heterocycles. The van der Waals surface area contributed by atoms with Crippen molar-refractivity contribution in [2.24, 2.45) is 11.8 Å². The molecule has 0 bridgehead atoms. The van der Waals surface area contributed by atoms with Crippen molar-refractivity contribution in [3.05, 3.63) is 47.7 Å². The van der Waals surface area contributed by atoms with E-state index in [2.05, 4.69) is 0 Å². The van der Waals surface area contributed by atoms with E-state index in [0.717, 1.165) is 0 Å². The van der Waals surface area contributed by atoms with Crippen LogP contribution in [0.1, 0.15) is 16.8 Å². The molecule has 138 valence electrons. The molecule has 1 aromatic rings. The van der Waals surface area contributed by atoms with Crippen LogP contribution in [0.3, 0.4) is 0 Å². The van der Waals surface area contributed by atoms with E-state index in [4.69, 9.17) is 9.16 Å². The topological polar surface area (TPSA) is 35.5 Å². The van der Waals surface area contributed by atoms with Gasteiger partial charge >= 0.3 is 6.18 Å². The van der Waals surface area contributed by atoms with Crippen LogP contribution in [0.2, 0.25) is 19.6 Å². The lowest BCUT2D eigenvalue weighted by Gasteiger charge is -2.38. The number of methoxy groups -OCH3 is 1. The number of ether oxygens (including phenoxy) is 1. The van der Waals surface area contributed by atoms with Crippen LogP contribution in [-0.4, -0.2) is 33.5 Å². The van der Waals surface area contributed by atoms with E-state index >= 15 is 0 Å². The number of halogens is 3. The standard InChI is InChI=1S/C18H23F3O3Si/c1-23-15-11-13(24-25(2,3)4)10-14(18(19,20)21)16(15)17(22)12-8-6-5-7-9-12/h5-9,11,14-16H,10H2,1-4H3/t14-,15+,16+/m0/s1. The molecule has 0 spiro atoms. The van der Waals surface area contributed by atoms with Gasteiger partial charge in [-0.2, -0.15) is 13.2 Å². The van der Waals surface area contributed by atoms with Gasteiger partial charge in [0.25, 0.3) is 0 Å². The fourth-order valence-electron chi connectivity index (χ4n) is 3.06. The van der Waals surface area contributed by atoms with Gasteiger partial charge in [-0.15, -0.1) is 0 Å². The molecule has 2 rings (SSSR count). The highest BCUT2D eigenvalue weighted by molar-refractivity contribution is 6.70. The van der Waals surface area contributed by atoms with Crippen LogP contribution < -0.4 is 0 Å². The van der Waals surface area contributed by atoms with Crippen molar-refractivity contribution in [1.29, 1.82) is 0 Å². The van der Waals surface area contributed by atoms with E-state index in [9.17, 15) is 18.0 Å². The molecule has 0 unspecified atom stereocenters. The first kappa shape index (κ1) is 19.7. The van der Waals surface area contributed by atoms with Crippen molar-refractivity contribution in [2.45, 2.75) is 38.3 Å². The third-order valence-corrected chi connectivity index (χ3v) is 4.92. The summed E-state index contributed by atoms with van der Waals surface area (Å²) < 4.78 is 52.1. The van der Waals surface area contributed by atoms with Crippen molar-refractivity contribution in [3.63, 3.8) is 0 Å². The Labute approximate surface area is 147 Å². The van der Waals surface area contributed by atoms with E-state index in [1.807, 2.05) is 19.6 Å². The van der Waals surface area contributed by atoms with Gasteiger partial charge in [0.1, 0.15) is 0 Å². The first-order valence-corrected chi connectivity index (χ1v) is 11.5. The Morgan fingerprint density at radius 1 is 1.16 bits per heavy atom. The summed E-state index contributed by atoms with van der Waals surface area (Å²) in [5.74, 6) is -3.44. The van der Waals surface area contributed by atoms with Crippen LogP contribution in [0.25, 0.3) is 0 Å². The van der Waals surface area contributed by atoms with Crippen molar-refractivity contribution >= 4 is 14.1 Å². The quantitative estimate of drug-likeness (QED) is 0.549. The number of ketones is 1. The van der Waals surface area contributed by atoms with Crippen LogP contribution in [0, 0.1) is 11.8 Å². The minimum absolute atomic E-state index is 0.256. The number of rotatable bonds is 5. The lowest BCUT2D eigenvalue weighted by atomic mass is 9.75. The maximum absolute atomic E-state index is 13.7. The molecule has 0 saturated carbocycles. The Morgan fingerprint density at radius 2 is 1.76 bits per heavy atom. The highest BCUT2D eigenvalue weighted by atomic mass is 28.4. The zero-order valence-electron chi connectivity index (χ0n) is 14.8. The van der Waals surface area contributed by atoms with Crippen LogP contribution >= 0.6 is 0 Å². The van der Waals surface area contributed by atoms with E-state index in [0.29, 0.717) is 0 Å². The third kappa shape index (κ3) is 4.95. The molecule has 0 amide bonds. The second-order valence-corrected chi connectivity index (χ2v) is 11.6. The predicted octanol–water partition coefficient (Wildman–Crippen LogP) is 4.82. The average molecular weight is 372 g/mol. The molecule has 1 aliphatic carbocycles.